The van der Waals surface area contributed by atoms with Crippen molar-refractivity contribution in [2.45, 2.75) is 18.7 Å². The molecule has 0 saturated heterocycles. The molecule has 0 bridgehead atoms. The van der Waals surface area contributed by atoms with Crippen LogP contribution >= 0.6 is 11.8 Å². The van der Waals surface area contributed by atoms with Crippen molar-refractivity contribution in [1.82, 2.24) is 4.90 Å². The van der Waals surface area contributed by atoms with Crippen molar-refractivity contribution in [3.8, 4) is 0 Å². The van der Waals surface area contributed by atoms with Gasteiger partial charge in [0.25, 0.3) is 0 Å². The van der Waals surface area contributed by atoms with Gasteiger partial charge in [0.15, 0.2) is 0 Å². The molecule has 0 radical (unpaired) electrons. The van der Waals surface area contributed by atoms with E-state index in [0.29, 0.717) is 0 Å². The number of thioether (sulfide) groups is 1. The molecule has 0 atom stereocenters. The van der Waals surface area contributed by atoms with Crippen LogP contribution < -0.4 is 0 Å². The van der Waals surface area contributed by atoms with Crippen LogP contribution in [0.5, 0.6) is 0 Å². The van der Waals surface area contributed by atoms with E-state index < -0.39 is 30.9 Å². The molecule has 0 aliphatic carbocycles. The van der Waals surface area contributed by atoms with Crippen molar-refractivity contribution in [3.63, 3.8) is 0 Å². The average Bonchev–Trinajstić information content (AvgIpc) is 2.37. The highest BCUT2D eigenvalue weighted by Crippen LogP contribution is 2.23. The second kappa shape index (κ2) is 7.68. The summed E-state index contributed by atoms with van der Waals surface area (Å²) in [6.07, 6.45) is 0. The molecular weight excluding hydrogens is 294 g/mol. The lowest BCUT2D eigenvalue weighted by Crippen LogP contribution is -2.40. The minimum absolute atomic E-state index is 0.00481. The third kappa shape index (κ3) is 5.86. The molecule has 0 spiro atoms. The van der Waals surface area contributed by atoms with Gasteiger partial charge in [-0.05, 0) is 25.5 Å². The molecule has 21 heavy (non-hydrogen) atoms. The topological polar surface area (TPSA) is 94.9 Å². The van der Waals surface area contributed by atoms with E-state index in [1.54, 1.807) is 0 Å². The van der Waals surface area contributed by atoms with E-state index in [0.717, 1.165) is 20.9 Å². The molecule has 6 nitrogen and oxygen atoms in total. The van der Waals surface area contributed by atoms with Crippen molar-refractivity contribution in [2.75, 3.05) is 18.8 Å². The van der Waals surface area contributed by atoms with Crippen LogP contribution in [0.4, 0.5) is 0 Å². The van der Waals surface area contributed by atoms with Gasteiger partial charge in [-0.1, -0.05) is 17.7 Å². The largest absolute Gasteiger partial charge is 0.480 e. The summed E-state index contributed by atoms with van der Waals surface area (Å²) in [4.78, 5) is 35.1. The summed E-state index contributed by atoms with van der Waals surface area (Å²) >= 11 is 1.27. The van der Waals surface area contributed by atoms with Crippen LogP contribution in [-0.4, -0.2) is 51.8 Å². The summed E-state index contributed by atoms with van der Waals surface area (Å²) in [6, 6.07) is 5.84. The van der Waals surface area contributed by atoms with Crippen molar-refractivity contribution >= 4 is 29.6 Å². The zero-order valence-corrected chi connectivity index (χ0v) is 12.6. The van der Waals surface area contributed by atoms with Crippen molar-refractivity contribution in [1.29, 1.82) is 0 Å². The molecule has 1 rings (SSSR count). The van der Waals surface area contributed by atoms with Gasteiger partial charge in [0.05, 0.1) is 5.75 Å². The Bertz CT molecular complexity index is 542. The second-order valence-corrected chi connectivity index (χ2v) is 5.61. The fourth-order valence-electron chi connectivity index (χ4n) is 1.65. The number of nitrogens with zero attached hydrogens (tertiary/aromatic N) is 1. The molecule has 0 fully saturated rings. The number of carbonyl (C=O) groups excluding carboxylic acids is 1. The fraction of sp³-hybridized carbons (Fsp3) is 0.357. The molecule has 1 aromatic rings. The molecule has 1 aromatic carbocycles. The number of amides is 1. The summed E-state index contributed by atoms with van der Waals surface area (Å²) < 4.78 is 0. The van der Waals surface area contributed by atoms with Crippen LogP contribution in [0, 0.1) is 13.8 Å². The lowest BCUT2D eigenvalue weighted by molar-refractivity contribution is -0.148. The normalized spacial score (nSPS) is 10.2. The number of rotatable bonds is 7. The summed E-state index contributed by atoms with van der Waals surface area (Å²) in [5.74, 6) is -2.97. The molecule has 0 saturated carbocycles. The zero-order valence-electron chi connectivity index (χ0n) is 11.8. The van der Waals surface area contributed by atoms with E-state index >= 15 is 0 Å². The third-order valence-electron chi connectivity index (χ3n) is 2.70. The van der Waals surface area contributed by atoms with Gasteiger partial charge >= 0.3 is 11.9 Å². The predicted octanol–water partition coefficient (Wildman–Crippen LogP) is 1.39. The van der Waals surface area contributed by atoms with Crippen molar-refractivity contribution in [2.24, 2.45) is 0 Å². The summed E-state index contributed by atoms with van der Waals surface area (Å²) in [5.41, 5.74) is 2.07. The Hall–Kier alpha value is -2.02. The van der Waals surface area contributed by atoms with E-state index in [1.807, 2.05) is 32.0 Å². The number of carboxylic acid groups (broad SMARTS) is 2. The highest BCUT2D eigenvalue weighted by molar-refractivity contribution is 8.00. The number of aryl methyl sites for hydroxylation is 2. The minimum Gasteiger partial charge on any atom is -0.480 e. The number of hydrogen-bond acceptors (Lipinski definition) is 4. The molecule has 0 aromatic heterocycles. The van der Waals surface area contributed by atoms with Gasteiger partial charge < -0.3 is 15.1 Å². The van der Waals surface area contributed by atoms with Gasteiger partial charge in [0.1, 0.15) is 13.1 Å². The SMILES string of the molecule is Cc1ccc(C)c(SCC(=O)N(CC(=O)O)CC(=O)O)c1. The number of carboxylic acids is 2. The highest BCUT2D eigenvalue weighted by Gasteiger charge is 2.19. The molecule has 0 aliphatic heterocycles. The van der Waals surface area contributed by atoms with Gasteiger partial charge in [0, 0.05) is 4.90 Å². The summed E-state index contributed by atoms with van der Waals surface area (Å²) in [7, 11) is 0. The first kappa shape index (κ1) is 17.0. The molecule has 114 valence electrons. The smallest absolute Gasteiger partial charge is 0.323 e. The molecular formula is C14H17NO5S. The first-order chi connectivity index (χ1) is 9.79. The first-order valence-electron chi connectivity index (χ1n) is 6.21. The Kier molecular flexibility index (Phi) is 6.23. The van der Waals surface area contributed by atoms with Gasteiger partial charge in [-0.15, -0.1) is 11.8 Å². The molecule has 2 N–H and O–H groups in total. The van der Waals surface area contributed by atoms with Crippen LogP contribution in [0.2, 0.25) is 0 Å². The Morgan fingerprint density at radius 1 is 1.10 bits per heavy atom. The molecule has 7 heteroatoms. The van der Waals surface area contributed by atoms with Gasteiger partial charge in [0.2, 0.25) is 5.91 Å². The van der Waals surface area contributed by atoms with Crippen LogP contribution in [0.25, 0.3) is 0 Å². The predicted molar refractivity (Wildman–Crippen MR) is 78.5 cm³/mol. The fourth-order valence-corrected chi connectivity index (χ4v) is 2.68. The third-order valence-corrected chi connectivity index (χ3v) is 3.84. The zero-order chi connectivity index (χ0) is 16.0. The van der Waals surface area contributed by atoms with E-state index in [9.17, 15) is 14.4 Å². The Labute approximate surface area is 126 Å². The average molecular weight is 311 g/mol. The van der Waals surface area contributed by atoms with Crippen LogP contribution in [-0.2, 0) is 14.4 Å². The Morgan fingerprint density at radius 3 is 2.19 bits per heavy atom. The van der Waals surface area contributed by atoms with Gasteiger partial charge in [-0.3, -0.25) is 14.4 Å². The van der Waals surface area contributed by atoms with E-state index in [-0.39, 0.29) is 5.75 Å². The summed E-state index contributed by atoms with van der Waals surface area (Å²) in [6.45, 7) is 2.63. The monoisotopic (exact) mass is 311 g/mol. The van der Waals surface area contributed by atoms with Gasteiger partial charge in [-0.2, -0.15) is 0 Å². The van der Waals surface area contributed by atoms with Crippen molar-refractivity contribution in [3.05, 3.63) is 29.3 Å². The maximum absolute atomic E-state index is 12.0. The Balaban J connectivity index is 2.70. The molecule has 1 amide bonds. The number of benzene rings is 1. The van der Waals surface area contributed by atoms with Gasteiger partial charge in [-0.25, -0.2) is 0 Å². The summed E-state index contributed by atoms with van der Waals surface area (Å²) in [5, 5.41) is 17.4. The molecule has 0 heterocycles. The Morgan fingerprint density at radius 2 is 1.67 bits per heavy atom. The molecule has 0 unspecified atom stereocenters. The lowest BCUT2D eigenvalue weighted by Gasteiger charge is -2.18. The van der Waals surface area contributed by atoms with Crippen LogP contribution in [0.1, 0.15) is 11.1 Å². The van der Waals surface area contributed by atoms with E-state index in [4.69, 9.17) is 10.2 Å². The minimum atomic E-state index is -1.23. The standard InChI is InChI=1S/C14H17NO5S/c1-9-3-4-10(2)11(5-9)21-8-12(16)15(6-13(17)18)7-14(19)20/h3-5H,6-8H2,1-2H3,(H,17,18)(H,19,20). The lowest BCUT2D eigenvalue weighted by atomic mass is 10.2. The maximum Gasteiger partial charge on any atom is 0.323 e. The number of carbonyl (C=O) groups is 3. The first-order valence-corrected chi connectivity index (χ1v) is 7.19. The number of aliphatic carboxylic acids is 2. The van der Waals surface area contributed by atoms with Crippen LogP contribution in [0.3, 0.4) is 0 Å². The van der Waals surface area contributed by atoms with Crippen molar-refractivity contribution < 1.29 is 24.6 Å². The van der Waals surface area contributed by atoms with Crippen LogP contribution in [0.15, 0.2) is 23.1 Å². The quantitative estimate of drug-likeness (QED) is 0.739. The highest BCUT2D eigenvalue weighted by atomic mass is 32.2. The number of hydrogen-bond donors (Lipinski definition) is 2. The second-order valence-electron chi connectivity index (χ2n) is 4.59. The van der Waals surface area contributed by atoms with E-state index in [2.05, 4.69) is 0 Å². The maximum atomic E-state index is 12.0. The molecule has 0 aliphatic rings. The van der Waals surface area contributed by atoms with E-state index in [1.165, 1.54) is 11.8 Å².